The average Bonchev–Trinajstić information content (AvgIpc) is 2.59. The van der Waals surface area contributed by atoms with Crippen molar-refractivity contribution in [2.24, 2.45) is 0 Å². The normalized spacial score (nSPS) is 9.39. The Balaban J connectivity index is 2.29. The molecule has 5 nitrogen and oxygen atoms in total. The van der Waals surface area contributed by atoms with Crippen LogP contribution in [0.4, 0.5) is 0 Å². The van der Waals surface area contributed by atoms with Crippen molar-refractivity contribution < 1.29 is 9.47 Å². The van der Waals surface area contributed by atoms with Crippen LogP contribution in [0.15, 0.2) is 46.7 Å². The highest BCUT2D eigenvalue weighted by Crippen LogP contribution is 2.37. The molecule has 0 saturated carbocycles. The molecule has 23 heavy (non-hydrogen) atoms. The second-order valence-corrected chi connectivity index (χ2v) is 5.31. The van der Waals surface area contributed by atoms with Gasteiger partial charge in [-0.15, -0.1) is 0 Å². The molecule has 2 aromatic rings. The van der Waals surface area contributed by atoms with Crippen LogP contribution in [0.2, 0.25) is 0 Å². The maximum Gasteiger partial charge on any atom is 0.175 e. The van der Waals surface area contributed by atoms with E-state index < -0.39 is 0 Å². The highest BCUT2D eigenvalue weighted by molar-refractivity contribution is 9.10. The zero-order valence-electron chi connectivity index (χ0n) is 12.3. The van der Waals surface area contributed by atoms with Crippen molar-refractivity contribution in [2.75, 3.05) is 7.11 Å². The molecule has 0 unspecified atom stereocenters. The highest BCUT2D eigenvalue weighted by atomic mass is 79.9. The van der Waals surface area contributed by atoms with Crippen molar-refractivity contribution in [2.45, 2.75) is 6.61 Å². The summed E-state index contributed by atoms with van der Waals surface area (Å²) in [5.74, 6) is 1.06. The van der Waals surface area contributed by atoms with E-state index in [0.717, 1.165) is 5.56 Å². The second-order valence-electron chi connectivity index (χ2n) is 4.46. The molecule has 114 valence electrons. The van der Waals surface area contributed by atoms with Crippen LogP contribution in [0.3, 0.4) is 0 Å². The highest BCUT2D eigenvalue weighted by Gasteiger charge is 2.12. The lowest BCUT2D eigenvalue weighted by Crippen LogP contribution is -1.99. The summed E-state index contributed by atoms with van der Waals surface area (Å²) in [6, 6.07) is 10.9. The van der Waals surface area contributed by atoms with Gasteiger partial charge in [-0.25, -0.2) is 0 Å². The number of rotatable bonds is 5. The largest absolute Gasteiger partial charge is 0.493 e. The minimum absolute atomic E-state index is 0.0180. The molecule has 0 atom stereocenters. The standard InChI is InChI=1S/C17H12BrN3O2/c1-22-16-8-13(6-14(9-19)10-20)7-15(18)17(16)23-11-12-2-4-21-5-3-12/h2-8H,11H2,1H3. The molecule has 6 heteroatoms. The zero-order valence-corrected chi connectivity index (χ0v) is 13.9. The fraction of sp³-hybridized carbons (Fsp3) is 0.118. The van der Waals surface area contributed by atoms with E-state index in [9.17, 15) is 0 Å². The molecule has 0 fully saturated rings. The van der Waals surface area contributed by atoms with Crippen molar-refractivity contribution in [3.63, 3.8) is 0 Å². The predicted molar refractivity (Wildman–Crippen MR) is 88.5 cm³/mol. The number of benzene rings is 1. The van der Waals surface area contributed by atoms with Crippen LogP contribution in [0.25, 0.3) is 6.08 Å². The SMILES string of the molecule is COc1cc(C=C(C#N)C#N)cc(Br)c1OCc1ccncc1. The van der Waals surface area contributed by atoms with Crippen LogP contribution >= 0.6 is 15.9 Å². The Morgan fingerprint density at radius 1 is 1.26 bits per heavy atom. The Morgan fingerprint density at radius 3 is 2.57 bits per heavy atom. The van der Waals surface area contributed by atoms with Crippen LogP contribution in [-0.4, -0.2) is 12.1 Å². The molecule has 1 heterocycles. The van der Waals surface area contributed by atoms with Gasteiger partial charge in [0.05, 0.1) is 11.6 Å². The second kappa shape index (κ2) is 7.98. The molecule has 0 aliphatic rings. The Labute approximate surface area is 142 Å². The minimum atomic E-state index is 0.0180. The first kappa shape index (κ1) is 16.5. The van der Waals surface area contributed by atoms with Gasteiger partial charge in [-0.3, -0.25) is 4.98 Å². The molecule has 0 bridgehead atoms. The fourth-order valence-corrected chi connectivity index (χ4v) is 2.43. The van der Waals surface area contributed by atoms with Gasteiger partial charge in [0.25, 0.3) is 0 Å². The Morgan fingerprint density at radius 2 is 1.96 bits per heavy atom. The predicted octanol–water partition coefficient (Wildman–Crippen LogP) is 3.86. The van der Waals surface area contributed by atoms with Crippen molar-refractivity contribution in [1.29, 1.82) is 10.5 Å². The van der Waals surface area contributed by atoms with Gasteiger partial charge >= 0.3 is 0 Å². The first-order chi connectivity index (χ1) is 11.2. The van der Waals surface area contributed by atoms with E-state index in [1.54, 1.807) is 24.5 Å². The van der Waals surface area contributed by atoms with Crippen LogP contribution in [0.5, 0.6) is 11.5 Å². The van der Waals surface area contributed by atoms with Gasteiger partial charge in [0.15, 0.2) is 11.5 Å². The summed E-state index contributed by atoms with van der Waals surface area (Å²) in [6.45, 7) is 0.369. The van der Waals surface area contributed by atoms with Crippen molar-refractivity contribution >= 4 is 22.0 Å². The van der Waals surface area contributed by atoms with Crippen LogP contribution < -0.4 is 9.47 Å². The molecular formula is C17H12BrN3O2. The lowest BCUT2D eigenvalue weighted by Gasteiger charge is -2.13. The number of ether oxygens (including phenoxy) is 2. The Bertz CT molecular complexity index is 789. The monoisotopic (exact) mass is 369 g/mol. The lowest BCUT2D eigenvalue weighted by atomic mass is 10.1. The first-order valence-corrected chi connectivity index (χ1v) is 7.38. The Hall–Kier alpha value is -2.83. The quantitative estimate of drug-likeness (QED) is 0.747. The fourth-order valence-electron chi connectivity index (χ4n) is 1.85. The number of allylic oxidation sites excluding steroid dienone is 1. The van der Waals surface area contributed by atoms with E-state index in [1.165, 1.54) is 13.2 Å². The molecule has 0 spiro atoms. The van der Waals surface area contributed by atoms with Gasteiger partial charge in [-0.05, 0) is 57.4 Å². The molecule has 1 aromatic carbocycles. The maximum atomic E-state index is 8.83. The number of hydrogen-bond acceptors (Lipinski definition) is 5. The van der Waals surface area contributed by atoms with E-state index in [1.807, 2.05) is 24.3 Å². The molecular weight excluding hydrogens is 358 g/mol. The minimum Gasteiger partial charge on any atom is -0.493 e. The smallest absolute Gasteiger partial charge is 0.175 e. The van der Waals surface area contributed by atoms with Gasteiger partial charge in [0.1, 0.15) is 24.3 Å². The topological polar surface area (TPSA) is 78.9 Å². The summed E-state index contributed by atoms with van der Waals surface area (Å²) in [7, 11) is 1.53. The number of pyridine rings is 1. The summed E-state index contributed by atoms with van der Waals surface area (Å²) < 4.78 is 11.8. The summed E-state index contributed by atoms with van der Waals surface area (Å²) in [5, 5.41) is 17.7. The average molecular weight is 370 g/mol. The van der Waals surface area contributed by atoms with Crippen LogP contribution in [-0.2, 0) is 6.61 Å². The van der Waals surface area contributed by atoms with Gasteiger partial charge in [0.2, 0.25) is 0 Å². The van der Waals surface area contributed by atoms with Crippen molar-refractivity contribution in [3.8, 4) is 23.6 Å². The van der Waals surface area contributed by atoms with Crippen molar-refractivity contribution in [1.82, 2.24) is 4.98 Å². The van der Waals surface area contributed by atoms with Crippen molar-refractivity contribution in [3.05, 3.63) is 57.8 Å². The van der Waals surface area contributed by atoms with E-state index in [0.29, 0.717) is 28.1 Å². The number of halogens is 1. The third kappa shape index (κ3) is 4.32. The van der Waals surface area contributed by atoms with E-state index in [4.69, 9.17) is 20.0 Å². The number of nitrogens with zero attached hydrogens (tertiary/aromatic N) is 3. The summed E-state index contributed by atoms with van der Waals surface area (Å²) in [5.41, 5.74) is 1.67. The molecule has 0 amide bonds. The van der Waals surface area contributed by atoms with E-state index >= 15 is 0 Å². The number of methoxy groups -OCH3 is 1. The molecule has 0 aliphatic heterocycles. The maximum absolute atomic E-state index is 8.83. The van der Waals surface area contributed by atoms with Gasteiger partial charge < -0.3 is 9.47 Å². The van der Waals surface area contributed by atoms with Crippen LogP contribution in [0.1, 0.15) is 11.1 Å². The summed E-state index contributed by atoms with van der Waals surface area (Å²) in [6.07, 6.45) is 4.88. The molecule has 0 aliphatic carbocycles. The molecule has 2 rings (SSSR count). The molecule has 0 N–H and O–H groups in total. The number of aromatic nitrogens is 1. The van der Waals surface area contributed by atoms with Crippen LogP contribution in [0, 0.1) is 22.7 Å². The first-order valence-electron chi connectivity index (χ1n) is 6.59. The Kier molecular flexibility index (Phi) is 5.74. The lowest BCUT2D eigenvalue weighted by molar-refractivity contribution is 0.282. The molecule has 0 radical (unpaired) electrons. The van der Waals surface area contributed by atoms with Gasteiger partial charge in [-0.1, -0.05) is 0 Å². The summed E-state index contributed by atoms with van der Waals surface area (Å²) >= 11 is 3.43. The molecule has 0 saturated heterocycles. The molecule has 1 aromatic heterocycles. The van der Waals surface area contributed by atoms with Gasteiger partial charge in [-0.2, -0.15) is 10.5 Å². The third-order valence-electron chi connectivity index (χ3n) is 2.94. The zero-order chi connectivity index (χ0) is 16.7. The summed E-state index contributed by atoms with van der Waals surface area (Å²) in [4.78, 5) is 3.96. The number of nitriles is 2. The third-order valence-corrected chi connectivity index (χ3v) is 3.53. The van der Waals surface area contributed by atoms with E-state index in [-0.39, 0.29) is 5.57 Å². The van der Waals surface area contributed by atoms with E-state index in [2.05, 4.69) is 20.9 Å². The van der Waals surface area contributed by atoms with Gasteiger partial charge in [0, 0.05) is 12.4 Å². The number of hydrogen-bond donors (Lipinski definition) is 0.